The van der Waals surface area contributed by atoms with Crippen LogP contribution in [0.1, 0.15) is 88.2 Å². The van der Waals surface area contributed by atoms with Gasteiger partial charge < -0.3 is 5.32 Å². The fourth-order valence-electron chi connectivity index (χ4n) is 4.66. The van der Waals surface area contributed by atoms with Crippen LogP contribution in [0.4, 0.5) is 5.69 Å². The standard InChI is InChI=1S/C25H28N2O3/c1-3-16-9-8-10-17(4-2)22(16)26-23(28)18-13-14-20-21(15-18)25(30)27(24(20)29)19-11-6-5-7-12-19/h8-10,13-15,19H,3-7,11-12H2,1-2H3,(H,26,28). The van der Waals surface area contributed by atoms with Crippen molar-refractivity contribution in [2.45, 2.75) is 64.8 Å². The summed E-state index contributed by atoms with van der Waals surface area (Å²) in [6.45, 7) is 4.12. The van der Waals surface area contributed by atoms with Crippen molar-refractivity contribution in [3.05, 3.63) is 64.2 Å². The van der Waals surface area contributed by atoms with Crippen molar-refractivity contribution in [1.82, 2.24) is 4.90 Å². The van der Waals surface area contributed by atoms with E-state index in [1.54, 1.807) is 18.2 Å². The number of imide groups is 1. The fourth-order valence-corrected chi connectivity index (χ4v) is 4.66. The van der Waals surface area contributed by atoms with Gasteiger partial charge in [-0.15, -0.1) is 0 Å². The molecule has 1 heterocycles. The van der Waals surface area contributed by atoms with Crippen molar-refractivity contribution in [2.75, 3.05) is 5.32 Å². The minimum absolute atomic E-state index is 0.0213. The first kappa shape index (κ1) is 20.3. The summed E-state index contributed by atoms with van der Waals surface area (Å²) in [6.07, 6.45) is 6.61. The van der Waals surface area contributed by atoms with Crippen LogP contribution in [0, 0.1) is 0 Å². The molecule has 0 atom stereocenters. The van der Waals surface area contributed by atoms with E-state index in [0.29, 0.717) is 16.7 Å². The number of para-hydroxylation sites is 1. The lowest BCUT2D eigenvalue weighted by molar-refractivity contribution is 0.0549. The van der Waals surface area contributed by atoms with E-state index < -0.39 is 0 Å². The monoisotopic (exact) mass is 404 g/mol. The van der Waals surface area contributed by atoms with Crippen molar-refractivity contribution >= 4 is 23.4 Å². The SMILES string of the molecule is CCc1cccc(CC)c1NC(=O)c1ccc2c(c1)C(=O)N(C1CCCCC1)C2=O. The maximum atomic E-state index is 13.0. The van der Waals surface area contributed by atoms with E-state index in [0.717, 1.165) is 61.8 Å². The Hall–Kier alpha value is -2.95. The third-order valence-electron chi connectivity index (χ3n) is 6.36. The van der Waals surface area contributed by atoms with Crippen molar-refractivity contribution in [1.29, 1.82) is 0 Å². The summed E-state index contributed by atoms with van der Waals surface area (Å²) >= 11 is 0. The van der Waals surface area contributed by atoms with Gasteiger partial charge in [-0.25, -0.2) is 0 Å². The number of rotatable bonds is 5. The average molecular weight is 405 g/mol. The van der Waals surface area contributed by atoms with Gasteiger partial charge in [-0.3, -0.25) is 19.3 Å². The van der Waals surface area contributed by atoms with Gasteiger partial charge in [0.1, 0.15) is 0 Å². The smallest absolute Gasteiger partial charge is 0.261 e. The lowest BCUT2D eigenvalue weighted by Gasteiger charge is -2.29. The molecule has 0 aromatic heterocycles. The van der Waals surface area contributed by atoms with Crippen LogP contribution in [0.3, 0.4) is 0 Å². The molecule has 2 aromatic rings. The van der Waals surface area contributed by atoms with Gasteiger partial charge in [0.15, 0.2) is 0 Å². The second-order valence-corrected chi connectivity index (χ2v) is 8.14. The molecule has 1 saturated carbocycles. The second kappa shape index (κ2) is 8.42. The van der Waals surface area contributed by atoms with E-state index in [9.17, 15) is 14.4 Å². The third kappa shape index (κ3) is 3.53. The number of carbonyl (C=O) groups excluding carboxylic acids is 3. The van der Waals surface area contributed by atoms with Gasteiger partial charge in [0.05, 0.1) is 11.1 Å². The van der Waals surface area contributed by atoms with Gasteiger partial charge in [-0.1, -0.05) is 51.3 Å². The van der Waals surface area contributed by atoms with Gasteiger partial charge in [0.25, 0.3) is 17.7 Å². The van der Waals surface area contributed by atoms with Crippen molar-refractivity contribution < 1.29 is 14.4 Å². The van der Waals surface area contributed by atoms with E-state index in [4.69, 9.17) is 0 Å². The van der Waals surface area contributed by atoms with Crippen LogP contribution in [-0.4, -0.2) is 28.7 Å². The number of nitrogens with one attached hydrogen (secondary N) is 1. The number of hydrogen-bond donors (Lipinski definition) is 1. The summed E-state index contributed by atoms with van der Waals surface area (Å²) in [6, 6.07) is 10.9. The molecule has 3 amide bonds. The topological polar surface area (TPSA) is 66.5 Å². The van der Waals surface area contributed by atoms with Crippen LogP contribution in [0.5, 0.6) is 0 Å². The van der Waals surface area contributed by atoms with Gasteiger partial charge in [0.2, 0.25) is 0 Å². The van der Waals surface area contributed by atoms with E-state index >= 15 is 0 Å². The van der Waals surface area contributed by atoms with Crippen molar-refractivity contribution in [2.24, 2.45) is 0 Å². The molecular weight excluding hydrogens is 376 g/mol. The molecule has 156 valence electrons. The highest BCUT2D eigenvalue weighted by atomic mass is 16.2. The molecule has 4 rings (SSSR count). The van der Waals surface area contributed by atoms with E-state index in [2.05, 4.69) is 19.2 Å². The predicted molar refractivity (Wildman–Crippen MR) is 117 cm³/mol. The number of benzene rings is 2. The van der Waals surface area contributed by atoms with Crippen LogP contribution < -0.4 is 5.32 Å². The van der Waals surface area contributed by atoms with E-state index in [1.807, 2.05) is 18.2 Å². The van der Waals surface area contributed by atoms with Crippen molar-refractivity contribution in [3.63, 3.8) is 0 Å². The van der Waals surface area contributed by atoms with Crippen molar-refractivity contribution in [3.8, 4) is 0 Å². The Kier molecular flexibility index (Phi) is 5.71. The van der Waals surface area contributed by atoms with Gasteiger partial charge in [-0.2, -0.15) is 0 Å². The molecule has 0 spiro atoms. The lowest BCUT2D eigenvalue weighted by atomic mass is 9.94. The minimum Gasteiger partial charge on any atom is -0.321 e. The molecule has 0 saturated heterocycles. The maximum absolute atomic E-state index is 13.0. The van der Waals surface area contributed by atoms with E-state index in [1.165, 1.54) is 4.90 Å². The maximum Gasteiger partial charge on any atom is 0.261 e. The van der Waals surface area contributed by atoms with Crippen LogP contribution in [-0.2, 0) is 12.8 Å². The molecule has 30 heavy (non-hydrogen) atoms. The Morgan fingerprint density at radius 3 is 2.20 bits per heavy atom. The molecule has 5 nitrogen and oxygen atoms in total. The number of anilines is 1. The number of aryl methyl sites for hydroxylation is 2. The Balaban J connectivity index is 1.60. The van der Waals surface area contributed by atoms with E-state index in [-0.39, 0.29) is 23.8 Å². The highest BCUT2D eigenvalue weighted by Crippen LogP contribution is 2.32. The largest absolute Gasteiger partial charge is 0.321 e. The van der Waals surface area contributed by atoms with Gasteiger partial charge in [-0.05, 0) is 55.0 Å². The summed E-state index contributed by atoms with van der Waals surface area (Å²) < 4.78 is 0. The fraction of sp³-hybridized carbons (Fsp3) is 0.400. The number of carbonyl (C=O) groups is 3. The van der Waals surface area contributed by atoms with Gasteiger partial charge in [0, 0.05) is 17.3 Å². The highest BCUT2D eigenvalue weighted by molar-refractivity contribution is 6.22. The number of hydrogen-bond acceptors (Lipinski definition) is 3. The third-order valence-corrected chi connectivity index (χ3v) is 6.36. The summed E-state index contributed by atoms with van der Waals surface area (Å²) in [4.78, 5) is 40.3. The first-order chi connectivity index (χ1) is 14.5. The second-order valence-electron chi connectivity index (χ2n) is 8.14. The summed E-state index contributed by atoms with van der Waals surface area (Å²) in [5.74, 6) is -0.747. The lowest BCUT2D eigenvalue weighted by Crippen LogP contribution is -2.40. The first-order valence-electron chi connectivity index (χ1n) is 11.0. The summed E-state index contributed by atoms with van der Waals surface area (Å²) in [5, 5.41) is 3.04. The normalized spacial score (nSPS) is 16.7. The highest BCUT2D eigenvalue weighted by Gasteiger charge is 2.40. The quantitative estimate of drug-likeness (QED) is 0.714. The zero-order valence-corrected chi connectivity index (χ0v) is 17.7. The molecule has 2 aliphatic rings. The molecule has 1 aliphatic carbocycles. The molecular formula is C25H28N2O3. The molecule has 1 aliphatic heterocycles. The number of fused-ring (bicyclic) bond motifs is 1. The molecule has 1 N–H and O–H groups in total. The van der Waals surface area contributed by atoms with Gasteiger partial charge >= 0.3 is 0 Å². The number of nitrogens with zero attached hydrogens (tertiary/aromatic N) is 1. The van der Waals surface area contributed by atoms with Crippen LogP contribution >= 0.6 is 0 Å². The molecule has 5 heteroatoms. The van der Waals surface area contributed by atoms with Crippen LogP contribution in [0.15, 0.2) is 36.4 Å². The molecule has 0 unspecified atom stereocenters. The van der Waals surface area contributed by atoms with Crippen LogP contribution in [0.2, 0.25) is 0 Å². The number of amides is 3. The molecule has 0 bridgehead atoms. The van der Waals surface area contributed by atoms with Crippen LogP contribution in [0.25, 0.3) is 0 Å². The molecule has 2 aromatic carbocycles. The zero-order valence-electron chi connectivity index (χ0n) is 17.7. The average Bonchev–Trinajstić information content (AvgIpc) is 3.04. The Morgan fingerprint density at radius 2 is 1.57 bits per heavy atom. The first-order valence-corrected chi connectivity index (χ1v) is 11.0. The Morgan fingerprint density at radius 1 is 0.933 bits per heavy atom. The minimum atomic E-state index is -0.264. The Bertz CT molecular complexity index is 983. The summed E-state index contributed by atoms with van der Waals surface area (Å²) in [5.41, 5.74) is 4.16. The molecule has 0 radical (unpaired) electrons. The predicted octanol–water partition coefficient (Wildman–Crippen LogP) is 4.99. The Labute approximate surface area is 177 Å². The molecule has 1 fully saturated rings. The summed E-state index contributed by atoms with van der Waals surface area (Å²) in [7, 11) is 0. The zero-order chi connectivity index (χ0) is 21.3.